The fourth-order valence-corrected chi connectivity index (χ4v) is 4.03. The van der Waals surface area contributed by atoms with Gasteiger partial charge in [-0.3, -0.25) is 4.79 Å². The Labute approximate surface area is 150 Å². The van der Waals surface area contributed by atoms with E-state index in [9.17, 15) is 4.79 Å². The standard InChI is InChI=1S/C19H18N2OS2/c1-13-17(24-19(20-13)23-2)12-18(22)21-16-10-8-15(9-11-16)14-6-4-3-5-7-14/h3-11H,12H2,1-2H3,(H,21,22). The van der Waals surface area contributed by atoms with Crippen LogP contribution in [0.25, 0.3) is 11.1 Å². The molecule has 0 fully saturated rings. The average Bonchev–Trinajstić information content (AvgIpc) is 2.96. The number of anilines is 1. The summed E-state index contributed by atoms with van der Waals surface area (Å²) >= 11 is 3.20. The van der Waals surface area contributed by atoms with Crippen LogP contribution in [0, 0.1) is 6.92 Å². The number of aryl methyl sites for hydroxylation is 1. The molecule has 0 radical (unpaired) electrons. The molecular weight excluding hydrogens is 336 g/mol. The van der Waals surface area contributed by atoms with Gasteiger partial charge in [-0.1, -0.05) is 54.2 Å². The first-order valence-corrected chi connectivity index (χ1v) is 9.65. The maximum absolute atomic E-state index is 12.2. The lowest BCUT2D eigenvalue weighted by molar-refractivity contribution is -0.115. The molecular formula is C19H18N2OS2. The van der Waals surface area contributed by atoms with Crippen LogP contribution in [0.3, 0.4) is 0 Å². The minimum absolute atomic E-state index is 0.0122. The number of nitrogens with zero attached hydrogens (tertiary/aromatic N) is 1. The molecule has 0 atom stereocenters. The van der Waals surface area contributed by atoms with Crippen LogP contribution in [-0.2, 0) is 11.2 Å². The Balaban J connectivity index is 1.65. The quantitative estimate of drug-likeness (QED) is 0.654. The van der Waals surface area contributed by atoms with Crippen molar-refractivity contribution < 1.29 is 4.79 Å². The van der Waals surface area contributed by atoms with Crippen molar-refractivity contribution in [3.05, 3.63) is 65.2 Å². The molecule has 1 N–H and O–H groups in total. The lowest BCUT2D eigenvalue weighted by atomic mass is 10.1. The van der Waals surface area contributed by atoms with E-state index in [-0.39, 0.29) is 5.91 Å². The van der Waals surface area contributed by atoms with Gasteiger partial charge in [-0.2, -0.15) is 0 Å². The fraction of sp³-hybridized carbons (Fsp3) is 0.158. The summed E-state index contributed by atoms with van der Waals surface area (Å²) in [6, 6.07) is 18.1. The largest absolute Gasteiger partial charge is 0.326 e. The second-order valence-electron chi connectivity index (χ2n) is 5.36. The predicted molar refractivity (Wildman–Crippen MR) is 103 cm³/mol. The van der Waals surface area contributed by atoms with Gasteiger partial charge in [-0.15, -0.1) is 11.3 Å². The van der Waals surface area contributed by atoms with Gasteiger partial charge >= 0.3 is 0 Å². The van der Waals surface area contributed by atoms with Crippen LogP contribution in [0.15, 0.2) is 58.9 Å². The molecule has 3 nitrogen and oxygen atoms in total. The smallest absolute Gasteiger partial charge is 0.229 e. The number of benzene rings is 2. The van der Waals surface area contributed by atoms with Crippen LogP contribution in [-0.4, -0.2) is 17.1 Å². The Kier molecular flexibility index (Phi) is 5.33. The summed E-state index contributed by atoms with van der Waals surface area (Å²) in [5.74, 6) is -0.0122. The third-order valence-corrected chi connectivity index (χ3v) is 5.79. The van der Waals surface area contributed by atoms with Crippen molar-refractivity contribution in [2.24, 2.45) is 0 Å². The SMILES string of the molecule is CSc1nc(C)c(CC(=O)Nc2ccc(-c3ccccc3)cc2)s1. The van der Waals surface area contributed by atoms with E-state index in [1.165, 1.54) is 5.56 Å². The molecule has 0 aliphatic heterocycles. The summed E-state index contributed by atoms with van der Waals surface area (Å²) in [7, 11) is 0. The van der Waals surface area contributed by atoms with Crippen molar-refractivity contribution in [1.29, 1.82) is 0 Å². The number of aromatic nitrogens is 1. The second kappa shape index (κ2) is 7.64. The molecule has 0 aliphatic rings. The Morgan fingerprint density at radius 3 is 2.38 bits per heavy atom. The molecule has 1 heterocycles. The first-order valence-electron chi connectivity index (χ1n) is 7.61. The van der Waals surface area contributed by atoms with Crippen molar-refractivity contribution in [2.75, 3.05) is 11.6 Å². The minimum atomic E-state index is -0.0122. The van der Waals surface area contributed by atoms with Gasteiger partial charge in [0.05, 0.1) is 12.1 Å². The van der Waals surface area contributed by atoms with Crippen molar-refractivity contribution in [3.8, 4) is 11.1 Å². The molecule has 3 aromatic rings. The molecule has 0 aliphatic carbocycles. The van der Waals surface area contributed by atoms with Crippen LogP contribution < -0.4 is 5.32 Å². The van der Waals surface area contributed by atoms with E-state index in [2.05, 4.69) is 22.4 Å². The van der Waals surface area contributed by atoms with Gasteiger partial charge in [0.25, 0.3) is 0 Å². The molecule has 122 valence electrons. The molecule has 2 aromatic carbocycles. The van der Waals surface area contributed by atoms with Crippen molar-refractivity contribution in [1.82, 2.24) is 4.98 Å². The minimum Gasteiger partial charge on any atom is -0.326 e. The highest BCUT2D eigenvalue weighted by Crippen LogP contribution is 2.26. The second-order valence-corrected chi connectivity index (χ2v) is 7.50. The molecule has 1 aromatic heterocycles. The molecule has 1 amide bonds. The third-order valence-electron chi connectivity index (χ3n) is 3.64. The maximum atomic E-state index is 12.2. The van der Waals surface area contributed by atoms with Crippen molar-refractivity contribution in [2.45, 2.75) is 17.7 Å². The Morgan fingerprint density at radius 1 is 1.08 bits per heavy atom. The zero-order chi connectivity index (χ0) is 16.9. The van der Waals surface area contributed by atoms with Crippen LogP contribution in [0.5, 0.6) is 0 Å². The average molecular weight is 355 g/mol. The van der Waals surface area contributed by atoms with Crippen LogP contribution >= 0.6 is 23.1 Å². The molecule has 0 unspecified atom stereocenters. The maximum Gasteiger partial charge on any atom is 0.229 e. The molecule has 5 heteroatoms. The van der Waals surface area contributed by atoms with Crippen molar-refractivity contribution >= 4 is 34.7 Å². The van der Waals surface area contributed by atoms with Crippen LogP contribution in [0.2, 0.25) is 0 Å². The van der Waals surface area contributed by atoms with E-state index in [4.69, 9.17) is 0 Å². The highest BCUT2D eigenvalue weighted by molar-refractivity contribution is 8.00. The van der Waals surface area contributed by atoms with Gasteiger partial charge < -0.3 is 5.32 Å². The molecule has 0 saturated heterocycles. The normalized spacial score (nSPS) is 10.6. The van der Waals surface area contributed by atoms with Crippen molar-refractivity contribution in [3.63, 3.8) is 0 Å². The molecule has 0 bridgehead atoms. The number of amides is 1. The van der Waals surface area contributed by atoms with E-state index in [1.807, 2.05) is 55.6 Å². The summed E-state index contributed by atoms with van der Waals surface area (Å²) in [5.41, 5.74) is 4.06. The Hall–Kier alpha value is -2.11. The van der Waals surface area contributed by atoms with Gasteiger partial charge in [0.15, 0.2) is 0 Å². The fourth-order valence-electron chi connectivity index (χ4n) is 2.38. The topological polar surface area (TPSA) is 42.0 Å². The molecule has 3 rings (SSSR count). The number of hydrogen-bond donors (Lipinski definition) is 1. The first kappa shape index (κ1) is 16.7. The zero-order valence-corrected chi connectivity index (χ0v) is 15.2. The van der Waals surface area contributed by atoms with Gasteiger partial charge in [0.2, 0.25) is 5.91 Å². The Bertz CT molecular complexity index is 826. The van der Waals surface area contributed by atoms with Crippen LogP contribution in [0.4, 0.5) is 5.69 Å². The van der Waals surface area contributed by atoms with Gasteiger partial charge in [0.1, 0.15) is 4.34 Å². The summed E-state index contributed by atoms with van der Waals surface area (Å²) < 4.78 is 1.00. The van der Waals surface area contributed by atoms with E-state index in [0.29, 0.717) is 6.42 Å². The summed E-state index contributed by atoms with van der Waals surface area (Å²) in [4.78, 5) is 17.7. The highest BCUT2D eigenvalue weighted by atomic mass is 32.2. The van der Waals surface area contributed by atoms with E-state index < -0.39 is 0 Å². The lowest BCUT2D eigenvalue weighted by Gasteiger charge is -2.06. The summed E-state index contributed by atoms with van der Waals surface area (Å²) in [5, 5.41) is 2.96. The number of carbonyl (C=O) groups excluding carboxylic acids is 1. The van der Waals surface area contributed by atoms with E-state index >= 15 is 0 Å². The Morgan fingerprint density at radius 2 is 1.75 bits per heavy atom. The summed E-state index contributed by atoms with van der Waals surface area (Å²) in [6.45, 7) is 1.95. The van der Waals surface area contributed by atoms with E-state index in [1.54, 1.807) is 23.1 Å². The monoisotopic (exact) mass is 354 g/mol. The first-order chi connectivity index (χ1) is 11.7. The molecule has 24 heavy (non-hydrogen) atoms. The van der Waals surface area contributed by atoms with Gasteiger partial charge in [-0.05, 0) is 36.4 Å². The number of carbonyl (C=O) groups is 1. The van der Waals surface area contributed by atoms with Gasteiger partial charge in [0, 0.05) is 10.6 Å². The van der Waals surface area contributed by atoms with E-state index in [0.717, 1.165) is 26.2 Å². The third kappa shape index (κ3) is 4.04. The van der Waals surface area contributed by atoms with Crippen LogP contribution in [0.1, 0.15) is 10.6 Å². The highest BCUT2D eigenvalue weighted by Gasteiger charge is 2.11. The number of nitrogens with one attached hydrogen (secondary N) is 1. The predicted octanol–water partition coefficient (Wildman–Crippen LogP) is 5.02. The van der Waals surface area contributed by atoms with Gasteiger partial charge in [-0.25, -0.2) is 4.98 Å². The zero-order valence-electron chi connectivity index (χ0n) is 13.6. The number of rotatable bonds is 5. The summed E-state index contributed by atoms with van der Waals surface area (Å²) in [6.07, 6.45) is 2.36. The number of thiazole rings is 1. The molecule has 0 spiro atoms. The molecule has 0 saturated carbocycles. The lowest BCUT2D eigenvalue weighted by Crippen LogP contribution is -2.14. The number of hydrogen-bond acceptors (Lipinski definition) is 4. The number of thioether (sulfide) groups is 1.